The van der Waals surface area contributed by atoms with Gasteiger partial charge in [0.1, 0.15) is 5.82 Å². The van der Waals surface area contributed by atoms with Gasteiger partial charge < -0.3 is 16.0 Å². The van der Waals surface area contributed by atoms with E-state index in [1.54, 1.807) is 42.5 Å². The lowest BCUT2D eigenvalue weighted by Gasteiger charge is -2.33. The van der Waals surface area contributed by atoms with E-state index in [2.05, 4.69) is 26.9 Å². The zero-order valence-corrected chi connectivity index (χ0v) is 23.1. The number of carbonyl (C=O) groups is 2. The predicted molar refractivity (Wildman–Crippen MR) is 163 cm³/mol. The van der Waals surface area contributed by atoms with Gasteiger partial charge in [0.15, 0.2) is 0 Å². The van der Waals surface area contributed by atoms with Gasteiger partial charge in [0, 0.05) is 34.7 Å². The zero-order chi connectivity index (χ0) is 29.3. The van der Waals surface area contributed by atoms with Crippen LogP contribution in [0.4, 0.5) is 26.2 Å². The molecule has 0 unspecified atom stereocenters. The second-order valence-corrected chi connectivity index (χ2v) is 10.5. The number of piperidine rings is 1. The highest BCUT2D eigenvalue weighted by Crippen LogP contribution is 2.28. The van der Waals surface area contributed by atoms with Gasteiger partial charge in [0.25, 0.3) is 5.91 Å². The van der Waals surface area contributed by atoms with E-state index in [9.17, 15) is 19.2 Å². The summed E-state index contributed by atoms with van der Waals surface area (Å²) in [6.07, 6.45) is 2.87. The number of nitriles is 1. The van der Waals surface area contributed by atoms with Crippen LogP contribution in [0, 0.1) is 23.1 Å². The summed E-state index contributed by atoms with van der Waals surface area (Å²) >= 11 is 0. The molecule has 1 fully saturated rings. The first-order chi connectivity index (χ1) is 20.5. The molecule has 0 bridgehead atoms. The van der Waals surface area contributed by atoms with Crippen molar-refractivity contribution >= 4 is 29.0 Å². The number of likely N-dealkylation sites (tertiary alicyclic amines) is 1. The number of hydrogen-bond donors (Lipinski definition) is 3. The minimum absolute atomic E-state index is 0.225. The normalized spacial score (nSPS) is 13.6. The molecule has 212 valence electrons. The summed E-state index contributed by atoms with van der Waals surface area (Å²) in [6.45, 7) is 2.17. The Bertz CT molecular complexity index is 1580. The molecule has 7 nitrogen and oxygen atoms in total. The van der Waals surface area contributed by atoms with Crippen LogP contribution in [-0.4, -0.2) is 29.9 Å². The monoisotopic (exact) mass is 561 g/mol. The first-order valence-electron chi connectivity index (χ1n) is 14.0. The Labute approximate surface area is 245 Å². The molecule has 5 rings (SSSR count). The van der Waals surface area contributed by atoms with E-state index in [0.29, 0.717) is 40.7 Å². The minimum Gasteiger partial charge on any atom is -0.322 e. The smallest absolute Gasteiger partial charge is 0.322 e. The van der Waals surface area contributed by atoms with Crippen molar-refractivity contribution in [3.05, 3.63) is 125 Å². The lowest BCUT2D eigenvalue weighted by molar-refractivity contribution is 0.102. The highest BCUT2D eigenvalue weighted by atomic mass is 19.1. The van der Waals surface area contributed by atoms with E-state index >= 15 is 0 Å². The molecule has 0 saturated carbocycles. The molecule has 1 aliphatic heterocycles. The lowest BCUT2D eigenvalue weighted by atomic mass is 9.90. The molecule has 4 aromatic rings. The number of amides is 3. The van der Waals surface area contributed by atoms with Crippen LogP contribution in [0.2, 0.25) is 0 Å². The Balaban J connectivity index is 1.32. The fourth-order valence-electron chi connectivity index (χ4n) is 5.28. The van der Waals surface area contributed by atoms with Crippen LogP contribution in [-0.2, 0) is 13.0 Å². The average molecular weight is 562 g/mol. The summed E-state index contributed by atoms with van der Waals surface area (Å²) in [5, 5.41) is 17.8. The van der Waals surface area contributed by atoms with Gasteiger partial charge in [-0.25, -0.2) is 9.18 Å². The van der Waals surface area contributed by atoms with Crippen molar-refractivity contribution < 1.29 is 14.0 Å². The van der Waals surface area contributed by atoms with Crippen molar-refractivity contribution in [1.29, 1.82) is 5.26 Å². The number of para-hydroxylation sites is 1. The molecule has 42 heavy (non-hydrogen) atoms. The van der Waals surface area contributed by atoms with E-state index in [1.165, 1.54) is 12.1 Å². The molecule has 0 aromatic heterocycles. The highest BCUT2D eigenvalue weighted by Gasteiger charge is 2.24. The first-order valence-corrected chi connectivity index (χ1v) is 14.0. The van der Waals surface area contributed by atoms with Crippen LogP contribution < -0.4 is 16.0 Å². The van der Waals surface area contributed by atoms with Crippen molar-refractivity contribution in [2.75, 3.05) is 29.0 Å². The summed E-state index contributed by atoms with van der Waals surface area (Å²) in [4.78, 5) is 28.7. The van der Waals surface area contributed by atoms with E-state index < -0.39 is 6.03 Å². The highest BCUT2D eigenvalue weighted by molar-refractivity contribution is 6.07. The number of nitrogens with one attached hydrogen (secondary N) is 3. The minimum atomic E-state index is -0.468. The van der Waals surface area contributed by atoms with Crippen LogP contribution in [0.5, 0.6) is 0 Å². The number of urea groups is 1. The van der Waals surface area contributed by atoms with Gasteiger partial charge in [-0.2, -0.15) is 5.26 Å². The maximum atomic E-state index is 13.4. The van der Waals surface area contributed by atoms with E-state index in [1.807, 2.05) is 42.5 Å². The van der Waals surface area contributed by atoms with Crippen molar-refractivity contribution in [1.82, 2.24) is 4.90 Å². The van der Waals surface area contributed by atoms with Crippen LogP contribution in [0.25, 0.3) is 0 Å². The van der Waals surface area contributed by atoms with Crippen molar-refractivity contribution in [3.63, 3.8) is 0 Å². The third-order valence-electron chi connectivity index (χ3n) is 7.48. The number of rotatable bonds is 8. The summed E-state index contributed by atoms with van der Waals surface area (Å²) < 4.78 is 13.3. The maximum absolute atomic E-state index is 13.4. The molecule has 8 heteroatoms. The van der Waals surface area contributed by atoms with Gasteiger partial charge in [0.05, 0.1) is 11.6 Å². The SMILES string of the molecule is N#Cc1cccc(NC(=O)Nc2cccc(C(=O)Nc3ccccc3)c2CN2CCC(Cc3ccc(F)cc3)CC2)c1. The van der Waals surface area contributed by atoms with Crippen LogP contribution in [0.15, 0.2) is 97.1 Å². The number of anilines is 3. The summed E-state index contributed by atoms with van der Waals surface area (Å²) in [5.41, 5.74) is 4.50. The molecule has 1 aliphatic rings. The second-order valence-electron chi connectivity index (χ2n) is 10.5. The molecule has 0 spiro atoms. The molecule has 0 atom stereocenters. The van der Waals surface area contributed by atoms with E-state index in [-0.39, 0.29) is 11.7 Å². The number of benzene rings is 4. The van der Waals surface area contributed by atoms with Gasteiger partial charge in [-0.3, -0.25) is 9.69 Å². The number of hydrogen-bond acceptors (Lipinski definition) is 4. The zero-order valence-electron chi connectivity index (χ0n) is 23.1. The Morgan fingerprint density at radius 2 is 1.55 bits per heavy atom. The standard InChI is InChI=1S/C34H32FN5O2/c35-27-14-12-24(13-15-27)20-25-16-18-40(19-17-25)23-31-30(33(41)37-28-7-2-1-3-8-28)10-5-11-32(31)39-34(42)38-29-9-4-6-26(21-29)22-36/h1-15,21,25H,16-20,23H2,(H,37,41)(H2,38,39,42). The van der Waals surface area contributed by atoms with Gasteiger partial charge in [0.2, 0.25) is 0 Å². The summed E-state index contributed by atoms with van der Waals surface area (Å²) in [5.74, 6) is 0.0152. The Hall–Kier alpha value is -5.00. The fourth-order valence-corrected chi connectivity index (χ4v) is 5.28. The average Bonchev–Trinajstić information content (AvgIpc) is 3.00. The molecule has 3 N–H and O–H groups in total. The number of nitrogens with zero attached hydrogens (tertiary/aromatic N) is 2. The molecule has 3 amide bonds. The largest absolute Gasteiger partial charge is 0.323 e. The molecule has 4 aromatic carbocycles. The molecule has 0 aliphatic carbocycles. The summed E-state index contributed by atoms with van der Waals surface area (Å²) in [6, 6.07) is 29.6. The Kier molecular flexibility index (Phi) is 9.22. The molecule has 0 radical (unpaired) electrons. The van der Waals surface area contributed by atoms with E-state index in [4.69, 9.17) is 0 Å². The first kappa shape index (κ1) is 28.5. The third kappa shape index (κ3) is 7.59. The fraction of sp³-hybridized carbons (Fsp3) is 0.206. The van der Waals surface area contributed by atoms with Gasteiger partial charge in [-0.15, -0.1) is 0 Å². The van der Waals surface area contributed by atoms with Crippen molar-refractivity contribution in [3.8, 4) is 6.07 Å². The van der Waals surface area contributed by atoms with E-state index in [0.717, 1.165) is 43.5 Å². The topological polar surface area (TPSA) is 97.3 Å². The van der Waals surface area contributed by atoms with Crippen molar-refractivity contribution in [2.45, 2.75) is 25.8 Å². The van der Waals surface area contributed by atoms with Gasteiger partial charge >= 0.3 is 6.03 Å². The number of carbonyl (C=O) groups excluding carboxylic acids is 2. The lowest BCUT2D eigenvalue weighted by Crippen LogP contribution is -2.35. The molecular weight excluding hydrogens is 529 g/mol. The predicted octanol–water partition coefficient (Wildman–Crippen LogP) is 7.05. The molecule has 1 heterocycles. The Morgan fingerprint density at radius 1 is 0.833 bits per heavy atom. The molecular formula is C34H32FN5O2. The second kappa shape index (κ2) is 13.6. The molecule has 1 saturated heterocycles. The quantitative estimate of drug-likeness (QED) is 0.215. The van der Waals surface area contributed by atoms with Gasteiger partial charge in [-0.1, -0.05) is 42.5 Å². The Morgan fingerprint density at radius 3 is 2.29 bits per heavy atom. The maximum Gasteiger partial charge on any atom is 0.323 e. The van der Waals surface area contributed by atoms with Gasteiger partial charge in [-0.05, 0) is 98.4 Å². The van der Waals surface area contributed by atoms with Crippen molar-refractivity contribution in [2.24, 2.45) is 5.92 Å². The van der Waals surface area contributed by atoms with Crippen LogP contribution in [0.3, 0.4) is 0 Å². The van der Waals surface area contributed by atoms with Crippen LogP contribution >= 0.6 is 0 Å². The van der Waals surface area contributed by atoms with Crippen LogP contribution in [0.1, 0.15) is 39.9 Å². The third-order valence-corrected chi connectivity index (χ3v) is 7.48. The summed E-state index contributed by atoms with van der Waals surface area (Å²) in [7, 11) is 0. The number of halogens is 1.